The Hall–Kier alpha value is -0.130. The standard InChI is InChI=1S/C27H44O4S/c1-2-16-5-18(16)7-20-9-22(20)11-24-13-26(24)15-27-14-25(27)12-23-10-21(23)8-19-6-17(19)3-4-31-32(28,29)30/h16-27H,2-15H2,1H3,(H,28,29,30). The second-order valence-electron chi connectivity index (χ2n) is 13.2. The lowest BCUT2D eigenvalue weighted by Crippen LogP contribution is -2.05. The van der Waals surface area contributed by atoms with Crippen LogP contribution in [0.15, 0.2) is 0 Å². The fourth-order valence-corrected chi connectivity index (χ4v) is 8.16. The summed E-state index contributed by atoms with van der Waals surface area (Å²) < 4.78 is 34.4. The van der Waals surface area contributed by atoms with Crippen LogP contribution in [0.25, 0.3) is 0 Å². The lowest BCUT2D eigenvalue weighted by atomic mass is 10.0. The van der Waals surface area contributed by atoms with E-state index < -0.39 is 10.4 Å². The lowest BCUT2D eigenvalue weighted by molar-refractivity contribution is 0.257. The molecule has 6 aliphatic rings. The summed E-state index contributed by atoms with van der Waals surface area (Å²) in [6.07, 6.45) is 18.6. The maximum Gasteiger partial charge on any atom is 0.397 e. The second kappa shape index (κ2) is 8.52. The van der Waals surface area contributed by atoms with E-state index in [0.29, 0.717) is 5.92 Å². The van der Waals surface area contributed by atoms with E-state index in [2.05, 4.69) is 11.1 Å². The van der Waals surface area contributed by atoms with Crippen molar-refractivity contribution >= 4 is 10.4 Å². The molecule has 0 aromatic carbocycles. The molecule has 0 radical (unpaired) electrons. The first kappa shape index (κ1) is 22.3. The minimum absolute atomic E-state index is 0.140. The Balaban J connectivity index is 0.794. The van der Waals surface area contributed by atoms with Crippen LogP contribution in [-0.2, 0) is 14.6 Å². The van der Waals surface area contributed by atoms with Gasteiger partial charge in [0.25, 0.3) is 0 Å². The minimum atomic E-state index is -4.26. The Labute approximate surface area is 195 Å². The highest BCUT2D eigenvalue weighted by Gasteiger charge is 2.52. The van der Waals surface area contributed by atoms with Gasteiger partial charge in [-0.2, -0.15) is 8.42 Å². The Morgan fingerprint density at radius 1 is 0.594 bits per heavy atom. The van der Waals surface area contributed by atoms with Gasteiger partial charge < -0.3 is 0 Å². The first-order valence-corrected chi connectivity index (χ1v) is 15.3. The van der Waals surface area contributed by atoms with Crippen molar-refractivity contribution in [1.29, 1.82) is 0 Å². The zero-order valence-corrected chi connectivity index (χ0v) is 20.7. The van der Waals surface area contributed by atoms with Crippen LogP contribution in [0.4, 0.5) is 0 Å². The molecule has 0 aromatic rings. The summed E-state index contributed by atoms with van der Waals surface area (Å²) in [4.78, 5) is 0. The maximum absolute atomic E-state index is 10.6. The van der Waals surface area contributed by atoms with Crippen molar-refractivity contribution in [2.75, 3.05) is 6.61 Å². The van der Waals surface area contributed by atoms with E-state index in [0.717, 1.165) is 71.5 Å². The van der Waals surface area contributed by atoms with E-state index >= 15 is 0 Å². The third-order valence-corrected chi connectivity index (χ3v) is 11.2. The summed E-state index contributed by atoms with van der Waals surface area (Å²) in [5.41, 5.74) is 0. The molecule has 182 valence electrons. The summed E-state index contributed by atoms with van der Waals surface area (Å²) in [5, 5.41) is 0. The predicted molar refractivity (Wildman–Crippen MR) is 125 cm³/mol. The maximum atomic E-state index is 10.6. The molecule has 0 saturated heterocycles. The molecule has 6 rings (SSSR count). The van der Waals surface area contributed by atoms with E-state index in [4.69, 9.17) is 4.55 Å². The topological polar surface area (TPSA) is 63.6 Å². The summed E-state index contributed by atoms with van der Waals surface area (Å²) in [5.74, 6) is 12.2. The average Bonchev–Trinajstić information content (AvgIpc) is 3.55. The third-order valence-electron chi connectivity index (χ3n) is 10.7. The first-order chi connectivity index (χ1) is 15.4. The Kier molecular flexibility index (Phi) is 5.95. The lowest BCUT2D eigenvalue weighted by Gasteiger charge is -2.03. The molecule has 6 saturated carbocycles. The van der Waals surface area contributed by atoms with Crippen LogP contribution in [0.2, 0.25) is 0 Å². The highest BCUT2D eigenvalue weighted by atomic mass is 32.3. The highest BCUT2D eigenvalue weighted by Crippen LogP contribution is 2.62. The molecule has 6 fully saturated rings. The molecular formula is C27H44O4S. The van der Waals surface area contributed by atoms with Gasteiger partial charge in [0.15, 0.2) is 0 Å². The van der Waals surface area contributed by atoms with Gasteiger partial charge in [-0.15, -0.1) is 0 Å². The fourth-order valence-electron chi connectivity index (χ4n) is 7.85. The van der Waals surface area contributed by atoms with Crippen molar-refractivity contribution in [2.45, 2.75) is 90.4 Å². The third kappa shape index (κ3) is 5.92. The van der Waals surface area contributed by atoms with Gasteiger partial charge >= 0.3 is 10.4 Å². The van der Waals surface area contributed by atoms with Crippen LogP contribution in [-0.4, -0.2) is 19.6 Å². The van der Waals surface area contributed by atoms with Gasteiger partial charge in [-0.1, -0.05) is 13.3 Å². The Morgan fingerprint density at radius 3 is 1.25 bits per heavy atom. The van der Waals surface area contributed by atoms with Gasteiger partial charge in [-0.05, 0) is 148 Å². The molecule has 0 aliphatic heterocycles. The molecule has 0 heterocycles. The molecule has 5 heteroatoms. The predicted octanol–water partition coefficient (Wildman–Crippen LogP) is 6.37. The summed E-state index contributed by atoms with van der Waals surface area (Å²) in [6, 6.07) is 0. The minimum Gasteiger partial charge on any atom is -0.264 e. The van der Waals surface area contributed by atoms with Gasteiger partial charge in [0, 0.05) is 0 Å². The molecule has 0 spiro atoms. The Morgan fingerprint density at radius 2 is 0.906 bits per heavy atom. The molecule has 0 bridgehead atoms. The van der Waals surface area contributed by atoms with Crippen LogP contribution in [0.5, 0.6) is 0 Å². The van der Waals surface area contributed by atoms with Crippen LogP contribution < -0.4 is 0 Å². The molecule has 0 amide bonds. The van der Waals surface area contributed by atoms with Crippen LogP contribution in [0.1, 0.15) is 90.4 Å². The van der Waals surface area contributed by atoms with E-state index in [1.807, 2.05) is 0 Å². The largest absolute Gasteiger partial charge is 0.397 e. The van der Waals surface area contributed by atoms with Gasteiger partial charge in [0.1, 0.15) is 0 Å². The van der Waals surface area contributed by atoms with Gasteiger partial charge in [-0.25, -0.2) is 4.18 Å². The number of rotatable bonds is 15. The Bertz CT molecular complexity index is 795. The average molecular weight is 465 g/mol. The van der Waals surface area contributed by atoms with Crippen molar-refractivity contribution in [1.82, 2.24) is 0 Å². The number of hydrogen-bond acceptors (Lipinski definition) is 3. The van der Waals surface area contributed by atoms with E-state index in [1.54, 1.807) is 38.5 Å². The van der Waals surface area contributed by atoms with Crippen LogP contribution in [0, 0.1) is 71.0 Å². The van der Waals surface area contributed by atoms with Crippen LogP contribution >= 0.6 is 0 Å². The fraction of sp³-hybridized carbons (Fsp3) is 1.00. The molecule has 6 aliphatic carbocycles. The van der Waals surface area contributed by atoms with Crippen molar-refractivity contribution in [3.63, 3.8) is 0 Å². The van der Waals surface area contributed by atoms with Crippen molar-refractivity contribution in [3.8, 4) is 0 Å². The van der Waals surface area contributed by atoms with Crippen molar-refractivity contribution in [2.24, 2.45) is 71.0 Å². The van der Waals surface area contributed by atoms with Crippen LogP contribution in [0.3, 0.4) is 0 Å². The SMILES string of the molecule is CCC1CC1CC1CC1CC1CC1CC1CC1CC1CC1CC1CC1CCOS(=O)(=O)O. The molecule has 32 heavy (non-hydrogen) atoms. The molecular weight excluding hydrogens is 420 g/mol. The van der Waals surface area contributed by atoms with Gasteiger partial charge in [-0.3, -0.25) is 4.55 Å². The normalized spacial score (nSPS) is 50.2. The molecule has 12 atom stereocenters. The highest BCUT2D eigenvalue weighted by molar-refractivity contribution is 7.80. The van der Waals surface area contributed by atoms with Crippen molar-refractivity contribution < 1.29 is 17.2 Å². The summed E-state index contributed by atoms with van der Waals surface area (Å²) in [6.45, 7) is 2.51. The van der Waals surface area contributed by atoms with E-state index in [1.165, 1.54) is 38.5 Å². The van der Waals surface area contributed by atoms with E-state index in [-0.39, 0.29) is 6.61 Å². The first-order valence-electron chi connectivity index (χ1n) is 14.0. The quantitative estimate of drug-likeness (QED) is 0.286. The molecule has 0 aromatic heterocycles. The van der Waals surface area contributed by atoms with Crippen molar-refractivity contribution in [3.05, 3.63) is 0 Å². The molecule has 4 nitrogen and oxygen atoms in total. The monoisotopic (exact) mass is 464 g/mol. The summed E-state index contributed by atoms with van der Waals surface area (Å²) >= 11 is 0. The molecule has 12 unspecified atom stereocenters. The second-order valence-corrected chi connectivity index (χ2v) is 14.3. The zero-order valence-electron chi connectivity index (χ0n) is 19.9. The smallest absolute Gasteiger partial charge is 0.264 e. The van der Waals surface area contributed by atoms with Gasteiger partial charge in [0.05, 0.1) is 6.61 Å². The number of hydrogen-bond donors (Lipinski definition) is 1. The van der Waals surface area contributed by atoms with Gasteiger partial charge in [0.2, 0.25) is 0 Å². The zero-order chi connectivity index (χ0) is 22.0. The summed E-state index contributed by atoms with van der Waals surface area (Å²) in [7, 11) is -4.26. The molecule has 1 N–H and O–H groups in total. The van der Waals surface area contributed by atoms with E-state index in [9.17, 15) is 8.42 Å².